The molecule has 0 aliphatic carbocycles. The largest absolute Gasteiger partial charge is 0.360 e. The highest BCUT2D eigenvalue weighted by atomic mass is 16.2. The molecule has 0 saturated carbocycles. The first-order valence-corrected chi connectivity index (χ1v) is 8.54. The molecule has 2 aromatic heterocycles. The number of nitrogens with one attached hydrogen (secondary N) is 1. The van der Waals surface area contributed by atoms with Crippen LogP contribution in [0.25, 0.3) is 10.9 Å². The molecule has 5 heteroatoms. The van der Waals surface area contributed by atoms with Crippen LogP contribution in [-0.4, -0.2) is 39.6 Å². The molecule has 0 atom stereocenters. The first-order chi connectivity index (χ1) is 12.2. The lowest BCUT2D eigenvalue weighted by Gasteiger charge is -2.31. The number of carbonyl (C=O) groups is 2. The number of hydrogen-bond acceptors (Lipinski definition) is 3. The van der Waals surface area contributed by atoms with E-state index in [1.165, 1.54) is 0 Å². The number of likely N-dealkylation sites (tertiary alicyclic amines) is 1. The number of ketones is 1. The van der Waals surface area contributed by atoms with Crippen LogP contribution in [0, 0.1) is 5.92 Å². The summed E-state index contributed by atoms with van der Waals surface area (Å²) in [7, 11) is 0. The van der Waals surface area contributed by atoms with Gasteiger partial charge in [0, 0.05) is 47.9 Å². The van der Waals surface area contributed by atoms with Crippen molar-refractivity contribution in [1.82, 2.24) is 14.9 Å². The Labute approximate surface area is 145 Å². The van der Waals surface area contributed by atoms with E-state index in [-0.39, 0.29) is 17.6 Å². The van der Waals surface area contributed by atoms with Crippen molar-refractivity contribution in [3.05, 3.63) is 66.1 Å². The minimum absolute atomic E-state index is 0.0352. The summed E-state index contributed by atoms with van der Waals surface area (Å²) in [5, 5.41) is 0.972. The third-order valence-corrected chi connectivity index (χ3v) is 4.89. The van der Waals surface area contributed by atoms with Gasteiger partial charge in [-0.2, -0.15) is 0 Å². The Hall–Kier alpha value is -2.95. The number of nitrogens with zero attached hydrogens (tertiary/aromatic N) is 2. The van der Waals surface area contributed by atoms with Gasteiger partial charge in [-0.1, -0.05) is 24.3 Å². The van der Waals surface area contributed by atoms with E-state index in [4.69, 9.17) is 0 Å². The molecule has 126 valence electrons. The number of para-hydroxylation sites is 1. The Morgan fingerprint density at radius 2 is 1.80 bits per heavy atom. The number of benzene rings is 1. The van der Waals surface area contributed by atoms with E-state index in [0.717, 1.165) is 16.5 Å². The van der Waals surface area contributed by atoms with Gasteiger partial charge in [-0.05, 0) is 31.0 Å². The van der Waals surface area contributed by atoms with Crippen molar-refractivity contribution in [1.29, 1.82) is 0 Å². The highest BCUT2D eigenvalue weighted by molar-refractivity contribution is 6.09. The number of pyridine rings is 1. The summed E-state index contributed by atoms with van der Waals surface area (Å²) in [4.78, 5) is 34.4. The van der Waals surface area contributed by atoms with E-state index >= 15 is 0 Å². The number of aromatic nitrogens is 2. The number of piperidine rings is 1. The second-order valence-corrected chi connectivity index (χ2v) is 6.39. The summed E-state index contributed by atoms with van der Waals surface area (Å²) in [5.41, 5.74) is 2.20. The van der Waals surface area contributed by atoms with Crippen molar-refractivity contribution in [3.63, 3.8) is 0 Å². The SMILES string of the molecule is O=C(c1c[nH]c2ccccc12)C1CCN(C(=O)c2ccccn2)CC1. The normalized spacial score (nSPS) is 15.4. The van der Waals surface area contributed by atoms with Crippen LogP contribution in [0.5, 0.6) is 0 Å². The standard InChI is InChI=1S/C20H19N3O2/c24-19(16-13-22-17-6-2-1-5-15(16)17)14-8-11-23(12-9-14)20(25)18-7-3-4-10-21-18/h1-7,10,13-14,22H,8-9,11-12H2. The fourth-order valence-corrected chi connectivity index (χ4v) is 3.49. The summed E-state index contributed by atoms with van der Waals surface area (Å²) in [6.45, 7) is 1.18. The third-order valence-electron chi connectivity index (χ3n) is 4.89. The maximum Gasteiger partial charge on any atom is 0.272 e. The van der Waals surface area contributed by atoms with Crippen molar-refractivity contribution in [3.8, 4) is 0 Å². The number of rotatable bonds is 3. The molecular formula is C20H19N3O2. The Morgan fingerprint density at radius 1 is 1.04 bits per heavy atom. The molecule has 0 unspecified atom stereocenters. The fourth-order valence-electron chi connectivity index (χ4n) is 3.49. The molecule has 0 spiro atoms. The number of hydrogen-bond donors (Lipinski definition) is 1. The molecule has 4 rings (SSSR count). The van der Waals surface area contributed by atoms with Gasteiger partial charge in [-0.25, -0.2) is 0 Å². The monoisotopic (exact) mass is 333 g/mol. The van der Waals surface area contributed by atoms with E-state index < -0.39 is 0 Å². The smallest absolute Gasteiger partial charge is 0.272 e. The quantitative estimate of drug-likeness (QED) is 0.748. The highest BCUT2D eigenvalue weighted by Gasteiger charge is 2.29. The van der Waals surface area contributed by atoms with Crippen LogP contribution < -0.4 is 0 Å². The molecule has 1 aliphatic rings. The first kappa shape index (κ1) is 15.6. The van der Waals surface area contributed by atoms with Gasteiger partial charge < -0.3 is 9.88 Å². The summed E-state index contributed by atoms with van der Waals surface area (Å²) in [5.74, 6) is 0.0768. The number of aromatic amines is 1. The van der Waals surface area contributed by atoms with E-state index in [1.54, 1.807) is 29.4 Å². The first-order valence-electron chi connectivity index (χ1n) is 8.54. The van der Waals surface area contributed by atoms with Crippen molar-refractivity contribution in [2.75, 3.05) is 13.1 Å². The number of fused-ring (bicyclic) bond motifs is 1. The van der Waals surface area contributed by atoms with E-state index in [0.29, 0.717) is 31.6 Å². The molecule has 1 aromatic carbocycles. The Balaban J connectivity index is 1.45. The fraction of sp³-hybridized carbons (Fsp3) is 0.250. The van der Waals surface area contributed by atoms with Gasteiger partial charge in [-0.15, -0.1) is 0 Å². The van der Waals surface area contributed by atoms with Crippen molar-refractivity contribution >= 4 is 22.6 Å². The zero-order valence-corrected chi connectivity index (χ0v) is 13.8. The second-order valence-electron chi connectivity index (χ2n) is 6.39. The highest BCUT2D eigenvalue weighted by Crippen LogP contribution is 2.26. The van der Waals surface area contributed by atoms with Crippen LogP contribution in [0.15, 0.2) is 54.9 Å². The lowest BCUT2D eigenvalue weighted by Crippen LogP contribution is -2.40. The van der Waals surface area contributed by atoms with Gasteiger partial charge in [0.05, 0.1) is 0 Å². The summed E-state index contributed by atoms with van der Waals surface area (Å²) in [6, 6.07) is 13.2. The predicted octanol–water partition coefficient (Wildman–Crippen LogP) is 3.30. The van der Waals surface area contributed by atoms with Gasteiger partial charge >= 0.3 is 0 Å². The third kappa shape index (κ3) is 2.93. The molecule has 0 radical (unpaired) electrons. The number of H-pyrrole nitrogens is 1. The van der Waals surface area contributed by atoms with Crippen LogP contribution in [0.3, 0.4) is 0 Å². The van der Waals surface area contributed by atoms with Crippen LogP contribution in [0.2, 0.25) is 0 Å². The van der Waals surface area contributed by atoms with E-state index in [2.05, 4.69) is 9.97 Å². The number of amides is 1. The summed E-state index contributed by atoms with van der Waals surface area (Å²) >= 11 is 0. The lowest BCUT2D eigenvalue weighted by molar-refractivity contribution is 0.0646. The van der Waals surface area contributed by atoms with Crippen molar-refractivity contribution < 1.29 is 9.59 Å². The van der Waals surface area contributed by atoms with Gasteiger partial charge in [0.15, 0.2) is 5.78 Å². The predicted molar refractivity (Wildman–Crippen MR) is 95.5 cm³/mol. The average molecular weight is 333 g/mol. The minimum atomic E-state index is -0.0569. The van der Waals surface area contributed by atoms with E-state index in [9.17, 15) is 9.59 Å². The van der Waals surface area contributed by atoms with Crippen LogP contribution in [0.1, 0.15) is 33.7 Å². The number of Topliss-reactive ketones (excluding diaryl/α,β-unsaturated/α-hetero) is 1. The molecule has 1 fully saturated rings. The van der Waals surface area contributed by atoms with Crippen LogP contribution in [0.4, 0.5) is 0 Å². The van der Waals surface area contributed by atoms with Crippen LogP contribution in [-0.2, 0) is 0 Å². The van der Waals surface area contributed by atoms with Crippen molar-refractivity contribution in [2.45, 2.75) is 12.8 Å². The minimum Gasteiger partial charge on any atom is -0.360 e. The molecule has 1 saturated heterocycles. The summed E-state index contributed by atoms with van der Waals surface area (Å²) in [6.07, 6.45) is 4.81. The molecule has 3 heterocycles. The second kappa shape index (κ2) is 6.51. The maximum atomic E-state index is 12.9. The molecule has 25 heavy (non-hydrogen) atoms. The zero-order valence-electron chi connectivity index (χ0n) is 13.8. The Bertz CT molecular complexity index is 909. The van der Waals surface area contributed by atoms with Gasteiger partial charge in [0.2, 0.25) is 0 Å². The summed E-state index contributed by atoms with van der Waals surface area (Å²) < 4.78 is 0. The Morgan fingerprint density at radius 3 is 2.56 bits per heavy atom. The molecule has 5 nitrogen and oxygen atoms in total. The molecule has 1 aliphatic heterocycles. The molecule has 3 aromatic rings. The van der Waals surface area contributed by atoms with Gasteiger partial charge in [0.1, 0.15) is 5.69 Å². The topological polar surface area (TPSA) is 66.1 Å². The zero-order chi connectivity index (χ0) is 17.2. The van der Waals surface area contributed by atoms with Gasteiger partial charge in [0.25, 0.3) is 5.91 Å². The van der Waals surface area contributed by atoms with Crippen LogP contribution >= 0.6 is 0 Å². The molecule has 0 bridgehead atoms. The molecular weight excluding hydrogens is 314 g/mol. The molecule has 1 N–H and O–H groups in total. The molecule has 1 amide bonds. The average Bonchev–Trinajstić information content (AvgIpc) is 3.12. The Kier molecular flexibility index (Phi) is 4.06. The number of carbonyl (C=O) groups excluding carboxylic acids is 2. The van der Waals surface area contributed by atoms with E-state index in [1.807, 2.05) is 30.3 Å². The lowest BCUT2D eigenvalue weighted by atomic mass is 9.88. The maximum absolute atomic E-state index is 12.9. The van der Waals surface area contributed by atoms with Gasteiger partial charge in [-0.3, -0.25) is 14.6 Å². The van der Waals surface area contributed by atoms with Crippen molar-refractivity contribution in [2.24, 2.45) is 5.92 Å².